The number of benzene rings is 1. The van der Waals surface area contributed by atoms with Crippen LogP contribution in [-0.2, 0) is 15.8 Å². The molecule has 1 fully saturated rings. The van der Waals surface area contributed by atoms with Crippen molar-refractivity contribution in [2.24, 2.45) is 0 Å². The molecule has 0 spiro atoms. The van der Waals surface area contributed by atoms with Crippen LogP contribution in [0.15, 0.2) is 71.5 Å². The second-order valence-electron chi connectivity index (χ2n) is 7.17. The first-order chi connectivity index (χ1) is 14.1. The van der Waals surface area contributed by atoms with Crippen molar-refractivity contribution in [2.45, 2.75) is 18.2 Å². The van der Waals surface area contributed by atoms with Gasteiger partial charge in [-0.25, -0.2) is 18.4 Å². The average Bonchev–Trinajstić information content (AvgIpc) is 3.46. The number of aromatic nitrogens is 3. The molecule has 4 aromatic rings. The predicted molar refractivity (Wildman–Crippen MR) is 110 cm³/mol. The minimum atomic E-state index is -3.40. The lowest BCUT2D eigenvalue weighted by atomic mass is 10.2. The Balaban J connectivity index is 1.47. The highest BCUT2D eigenvalue weighted by Gasteiger charge is 2.34. The van der Waals surface area contributed by atoms with Crippen molar-refractivity contribution in [3.05, 3.63) is 72.6 Å². The van der Waals surface area contributed by atoms with Crippen molar-refractivity contribution >= 4 is 21.2 Å². The monoisotopic (exact) mass is 408 g/mol. The molecular formula is C21H20N4O3S. The highest BCUT2D eigenvalue weighted by atomic mass is 32.2. The van der Waals surface area contributed by atoms with Gasteiger partial charge in [-0.3, -0.25) is 0 Å². The largest absolute Gasteiger partial charge is 0.461 e. The molecule has 1 aliphatic rings. The van der Waals surface area contributed by atoms with Crippen molar-refractivity contribution in [2.75, 3.05) is 13.1 Å². The maximum Gasteiger partial charge on any atom is 0.218 e. The number of fused-ring (bicyclic) bond motifs is 1. The van der Waals surface area contributed by atoms with E-state index in [9.17, 15) is 8.42 Å². The SMILES string of the molecule is O=S(=O)(Cc1ccccc1)N1CCC(n2c(-c3ccco3)nc3cccnc32)C1. The summed E-state index contributed by atoms with van der Waals surface area (Å²) in [7, 11) is -3.40. The Labute approximate surface area is 168 Å². The molecule has 0 aliphatic carbocycles. The molecule has 0 saturated carbocycles. The molecule has 4 heterocycles. The Morgan fingerprint density at radius 2 is 1.93 bits per heavy atom. The lowest BCUT2D eigenvalue weighted by Gasteiger charge is -2.18. The van der Waals surface area contributed by atoms with Gasteiger partial charge in [0.1, 0.15) is 5.52 Å². The van der Waals surface area contributed by atoms with Gasteiger partial charge in [-0.2, -0.15) is 4.31 Å². The molecule has 0 radical (unpaired) electrons. The average molecular weight is 408 g/mol. The van der Waals surface area contributed by atoms with Gasteiger partial charge in [-0.1, -0.05) is 30.3 Å². The van der Waals surface area contributed by atoms with E-state index in [2.05, 4.69) is 4.98 Å². The molecular weight excluding hydrogens is 388 g/mol. The summed E-state index contributed by atoms with van der Waals surface area (Å²) < 4.78 is 35.1. The third kappa shape index (κ3) is 3.34. The lowest BCUT2D eigenvalue weighted by Crippen LogP contribution is -2.30. The molecule has 0 bridgehead atoms. The standard InChI is InChI=1S/C21H20N4O3S/c26-29(27,15-16-6-2-1-3-7-16)24-12-10-17(14-24)25-20-18(8-4-11-22-20)23-21(25)19-9-5-13-28-19/h1-9,11,13,17H,10,12,14-15H2. The highest BCUT2D eigenvalue weighted by Crippen LogP contribution is 2.33. The fraction of sp³-hybridized carbons (Fsp3) is 0.238. The van der Waals surface area contributed by atoms with Crippen LogP contribution in [0.25, 0.3) is 22.7 Å². The van der Waals surface area contributed by atoms with Crippen LogP contribution in [0, 0.1) is 0 Å². The quantitative estimate of drug-likeness (QED) is 0.505. The van der Waals surface area contributed by atoms with E-state index in [0.717, 1.165) is 16.7 Å². The Morgan fingerprint density at radius 3 is 2.72 bits per heavy atom. The smallest absolute Gasteiger partial charge is 0.218 e. The molecule has 3 aromatic heterocycles. The van der Waals surface area contributed by atoms with E-state index < -0.39 is 10.0 Å². The third-order valence-electron chi connectivity index (χ3n) is 5.27. The molecule has 1 saturated heterocycles. The van der Waals surface area contributed by atoms with E-state index >= 15 is 0 Å². The van der Waals surface area contributed by atoms with E-state index in [0.29, 0.717) is 31.1 Å². The third-order valence-corrected chi connectivity index (χ3v) is 7.08. The van der Waals surface area contributed by atoms with Gasteiger partial charge < -0.3 is 8.98 Å². The van der Waals surface area contributed by atoms with E-state index in [1.165, 1.54) is 0 Å². The molecule has 5 rings (SSSR count). The summed E-state index contributed by atoms with van der Waals surface area (Å²) in [6.45, 7) is 0.870. The number of nitrogens with zero attached hydrogens (tertiary/aromatic N) is 4. The van der Waals surface area contributed by atoms with Crippen LogP contribution in [0.5, 0.6) is 0 Å². The molecule has 1 aromatic carbocycles. The fourth-order valence-electron chi connectivity index (χ4n) is 3.91. The molecule has 0 N–H and O–H groups in total. The van der Waals surface area contributed by atoms with Gasteiger partial charge >= 0.3 is 0 Å². The molecule has 7 nitrogen and oxygen atoms in total. The second kappa shape index (κ2) is 7.13. The van der Waals surface area contributed by atoms with E-state index in [1.54, 1.807) is 16.8 Å². The van der Waals surface area contributed by atoms with Crippen LogP contribution in [0.4, 0.5) is 0 Å². The zero-order valence-corrected chi connectivity index (χ0v) is 16.5. The van der Waals surface area contributed by atoms with Crippen LogP contribution in [0.3, 0.4) is 0 Å². The maximum absolute atomic E-state index is 13.0. The maximum atomic E-state index is 13.0. The molecule has 0 amide bonds. The second-order valence-corrected chi connectivity index (χ2v) is 9.14. The van der Waals surface area contributed by atoms with Crippen molar-refractivity contribution in [3.8, 4) is 11.6 Å². The molecule has 29 heavy (non-hydrogen) atoms. The summed E-state index contributed by atoms with van der Waals surface area (Å²) in [5, 5.41) is 0. The van der Waals surface area contributed by atoms with Gasteiger partial charge in [-0.05, 0) is 36.2 Å². The Kier molecular flexibility index (Phi) is 4.44. The summed E-state index contributed by atoms with van der Waals surface area (Å²) in [5.41, 5.74) is 2.30. The summed E-state index contributed by atoms with van der Waals surface area (Å²) in [6, 6.07) is 16.7. The number of imidazole rings is 1. The van der Waals surface area contributed by atoms with Crippen molar-refractivity contribution in [3.63, 3.8) is 0 Å². The van der Waals surface area contributed by atoms with Gasteiger partial charge in [0.05, 0.1) is 18.1 Å². The highest BCUT2D eigenvalue weighted by molar-refractivity contribution is 7.88. The van der Waals surface area contributed by atoms with E-state index in [4.69, 9.17) is 9.40 Å². The minimum absolute atomic E-state index is 0.00846. The van der Waals surface area contributed by atoms with Crippen LogP contribution in [0.2, 0.25) is 0 Å². The van der Waals surface area contributed by atoms with Crippen molar-refractivity contribution < 1.29 is 12.8 Å². The van der Waals surface area contributed by atoms with E-state index in [-0.39, 0.29) is 11.8 Å². The molecule has 148 valence electrons. The number of rotatable bonds is 5. The van der Waals surface area contributed by atoms with Gasteiger partial charge in [-0.15, -0.1) is 0 Å². The summed E-state index contributed by atoms with van der Waals surface area (Å²) >= 11 is 0. The van der Waals surface area contributed by atoms with Crippen molar-refractivity contribution in [1.82, 2.24) is 18.8 Å². The zero-order chi connectivity index (χ0) is 19.8. The summed E-state index contributed by atoms with van der Waals surface area (Å²) in [6.07, 6.45) is 4.03. The normalized spacial score (nSPS) is 17.9. The van der Waals surface area contributed by atoms with Crippen LogP contribution >= 0.6 is 0 Å². The number of furan rings is 1. The number of pyridine rings is 1. The van der Waals surface area contributed by atoms with Gasteiger partial charge in [0, 0.05) is 19.3 Å². The zero-order valence-electron chi connectivity index (χ0n) is 15.7. The summed E-state index contributed by atoms with van der Waals surface area (Å²) in [5.74, 6) is 1.33. The predicted octanol–water partition coefficient (Wildman–Crippen LogP) is 3.47. The minimum Gasteiger partial charge on any atom is -0.461 e. The first kappa shape index (κ1) is 18.1. The first-order valence-electron chi connectivity index (χ1n) is 9.50. The number of sulfonamides is 1. The lowest BCUT2D eigenvalue weighted by molar-refractivity contribution is 0.453. The van der Waals surface area contributed by atoms with E-state index in [1.807, 2.05) is 59.2 Å². The van der Waals surface area contributed by atoms with Gasteiger partial charge in [0.15, 0.2) is 17.2 Å². The Bertz CT molecular complexity index is 1230. The van der Waals surface area contributed by atoms with Crippen LogP contribution < -0.4 is 0 Å². The van der Waals surface area contributed by atoms with Crippen LogP contribution in [-0.4, -0.2) is 40.3 Å². The molecule has 1 atom stereocenters. The Morgan fingerprint density at radius 1 is 1.07 bits per heavy atom. The number of hydrogen-bond acceptors (Lipinski definition) is 5. The Hall–Kier alpha value is -2.97. The number of hydrogen-bond donors (Lipinski definition) is 0. The topological polar surface area (TPSA) is 81.2 Å². The first-order valence-corrected chi connectivity index (χ1v) is 11.1. The fourth-order valence-corrected chi connectivity index (χ4v) is 5.48. The molecule has 8 heteroatoms. The van der Waals surface area contributed by atoms with Crippen molar-refractivity contribution in [1.29, 1.82) is 0 Å². The van der Waals surface area contributed by atoms with Crippen LogP contribution in [0.1, 0.15) is 18.0 Å². The summed E-state index contributed by atoms with van der Waals surface area (Å²) in [4.78, 5) is 9.20. The molecule has 1 unspecified atom stereocenters. The van der Waals surface area contributed by atoms with Gasteiger partial charge in [0.25, 0.3) is 0 Å². The van der Waals surface area contributed by atoms with Gasteiger partial charge in [0.2, 0.25) is 10.0 Å². The molecule has 1 aliphatic heterocycles.